The minimum absolute atomic E-state index is 0.0815. The molecule has 2 heterocycles. The highest BCUT2D eigenvalue weighted by molar-refractivity contribution is 5.97. The fourth-order valence-corrected chi connectivity index (χ4v) is 5.06. The first-order valence-electron chi connectivity index (χ1n) is 12.2. The summed E-state index contributed by atoms with van der Waals surface area (Å²) in [5.74, 6) is -2.49. The van der Waals surface area contributed by atoms with E-state index in [1.165, 1.54) is 12.1 Å². The molecule has 3 aromatic rings. The number of alkyl halides is 3. The number of rotatable bonds is 8. The maximum atomic E-state index is 13.8. The second-order valence-electron chi connectivity index (χ2n) is 10.2. The molecule has 1 aromatic carbocycles. The average Bonchev–Trinajstić information content (AvgIpc) is 3.30. The minimum atomic E-state index is -4.66. The van der Waals surface area contributed by atoms with Gasteiger partial charge >= 0.3 is 6.18 Å². The smallest absolute Gasteiger partial charge is 0.406 e. The summed E-state index contributed by atoms with van der Waals surface area (Å²) in [5, 5.41) is 16.4. The molecule has 1 atom stereocenters. The normalized spacial score (nSPS) is 15.8. The third-order valence-electron chi connectivity index (χ3n) is 7.15. The Bertz CT molecular complexity index is 1480. The van der Waals surface area contributed by atoms with Crippen LogP contribution in [0.25, 0.3) is 0 Å². The SMILES string of the molecule is Cc1cc(F)cnc1[C@H](Nc1c(Nc2ccnc(C(=O)N(C)CC(F)(F)F)c2O)c(=O)c1=O)C1(C)CCCC1. The third-order valence-corrected chi connectivity index (χ3v) is 7.15. The van der Waals surface area contributed by atoms with Crippen LogP contribution in [0.5, 0.6) is 5.75 Å². The summed E-state index contributed by atoms with van der Waals surface area (Å²) in [6, 6.07) is 1.99. The molecule has 1 amide bonds. The zero-order chi connectivity index (χ0) is 28.7. The van der Waals surface area contributed by atoms with Gasteiger partial charge in [-0.25, -0.2) is 9.37 Å². The molecule has 4 rings (SSSR count). The summed E-state index contributed by atoms with van der Waals surface area (Å²) in [4.78, 5) is 46.0. The van der Waals surface area contributed by atoms with E-state index in [1.807, 2.05) is 6.92 Å². The molecule has 0 spiro atoms. The van der Waals surface area contributed by atoms with Crippen molar-refractivity contribution in [2.75, 3.05) is 24.2 Å². The Hall–Kier alpha value is -4.03. The number of carbonyl (C=O) groups excluding carboxylic acids is 1. The van der Waals surface area contributed by atoms with Gasteiger partial charge in [-0.3, -0.25) is 19.4 Å². The second kappa shape index (κ2) is 10.3. The van der Waals surface area contributed by atoms with Crippen LogP contribution in [0.15, 0.2) is 34.1 Å². The number of aryl methyl sites for hydroxylation is 1. The van der Waals surface area contributed by atoms with Crippen molar-refractivity contribution in [2.45, 2.75) is 51.7 Å². The molecule has 3 N–H and O–H groups in total. The van der Waals surface area contributed by atoms with Crippen LogP contribution < -0.4 is 21.5 Å². The number of aromatic hydroxyl groups is 1. The van der Waals surface area contributed by atoms with Crippen molar-refractivity contribution in [1.82, 2.24) is 14.9 Å². The van der Waals surface area contributed by atoms with Crippen molar-refractivity contribution in [2.24, 2.45) is 5.41 Å². The fraction of sp³-hybridized carbons (Fsp3) is 0.423. The van der Waals surface area contributed by atoms with Crippen molar-refractivity contribution >= 4 is 23.0 Å². The molecule has 13 heteroatoms. The van der Waals surface area contributed by atoms with E-state index in [0.717, 1.165) is 45.1 Å². The zero-order valence-corrected chi connectivity index (χ0v) is 21.4. The van der Waals surface area contributed by atoms with E-state index < -0.39 is 52.8 Å². The molecule has 0 unspecified atom stereocenters. The van der Waals surface area contributed by atoms with Crippen molar-refractivity contribution in [3.05, 3.63) is 67.7 Å². The molecule has 0 radical (unpaired) electrons. The number of amides is 1. The number of hydrogen-bond acceptors (Lipinski definition) is 8. The van der Waals surface area contributed by atoms with Gasteiger partial charge in [-0.15, -0.1) is 0 Å². The number of nitrogens with zero attached hydrogens (tertiary/aromatic N) is 3. The summed E-state index contributed by atoms with van der Waals surface area (Å²) in [5.41, 5.74) is -2.15. The Kier molecular flexibility index (Phi) is 7.37. The molecular weight excluding hydrogens is 522 g/mol. The molecule has 1 fully saturated rings. The second-order valence-corrected chi connectivity index (χ2v) is 10.2. The number of nitrogens with one attached hydrogen (secondary N) is 2. The molecule has 1 aliphatic carbocycles. The first-order chi connectivity index (χ1) is 18.2. The lowest BCUT2D eigenvalue weighted by Gasteiger charge is -2.36. The van der Waals surface area contributed by atoms with Gasteiger partial charge in [-0.1, -0.05) is 19.8 Å². The highest BCUT2D eigenvalue weighted by Crippen LogP contribution is 2.49. The molecule has 208 valence electrons. The van der Waals surface area contributed by atoms with Crippen LogP contribution in [0, 0.1) is 18.2 Å². The molecule has 2 aromatic heterocycles. The summed E-state index contributed by atoms with van der Waals surface area (Å²) in [7, 11) is 0.908. The summed E-state index contributed by atoms with van der Waals surface area (Å²) in [6.45, 7) is 2.15. The molecule has 0 bridgehead atoms. The van der Waals surface area contributed by atoms with Gasteiger partial charge in [-0.05, 0) is 42.9 Å². The lowest BCUT2D eigenvalue weighted by Crippen LogP contribution is -2.40. The molecule has 0 saturated heterocycles. The fourth-order valence-electron chi connectivity index (χ4n) is 5.06. The van der Waals surface area contributed by atoms with Gasteiger partial charge in [0.05, 0.1) is 23.6 Å². The predicted octanol–water partition coefficient (Wildman–Crippen LogP) is 4.34. The van der Waals surface area contributed by atoms with Gasteiger partial charge in [0, 0.05) is 13.2 Å². The van der Waals surface area contributed by atoms with Gasteiger partial charge in [0.25, 0.3) is 16.8 Å². The number of pyridine rings is 2. The highest BCUT2D eigenvalue weighted by atomic mass is 19.4. The van der Waals surface area contributed by atoms with Crippen molar-refractivity contribution in [3.8, 4) is 5.75 Å². The van der Waals surface area contributed by atoms with Gasteiger partial charge in [0.2, 0.25) is 0 Å². The monoisotopic (exact) mass is 549 g/mol. The summed E-state index contributed by atoms with van der Waals surface area (Å²) >= 11 is 0. The largest absolute Gasteiger partial charge is 0.504 e. The maximum absolute atomic E-state index is 13.8. The van der Waals surface area contributed by atoms with Crippen LogP contribution in [0.4, 0.5) is 34.6 Å². The van der Waals surface area contributed by atoms with E-state index in [-0.39, 0.29) is 22.5 Å². The average molecular weight is 550 g/mol. The number of carbonyl (C=O) groups is 1. The van der Waals surface area contributed by atoms with E-state index in [0.29, 0.717) is 16.2 Å². The van der Waals surface area contributed by atoms with Crippen LogP contribution in [0.1, 0.15) is 60.4 Å². The number of halogens is 4. The molecule has 1 aliphatic rings. The number of hydrogen-bond donors (Lipinski definition) is 3. The minimum Gasteiger partial charge on any atom is -0.504 e. The number of aromatic nitrogens is 2. The molecule has 0 aliphatic heterocycles. The Labute approximate surface area is 220 Å². The first-order valence-corrected chi connectivity index (χ1v) is 12.2. The lowest BCUT2D eigenvalue weighted by atomic mass is 9.77. The Morgan fingerprint density at radius 2 is 1.82 bits per heavy atom. The lowest BCUT2D eigenvalue weighted by molar-refractivity contribution is -0.138. The van der Waals surface area contributed by atoms with Crippen LogP contribution in [0.3, 0.4) is 0 Å². The maximum Gasteiger partial charge on any atom is 0.406 e. The van der Waals surface area contributed by atoms with E-state index >= 15 is 0 Å². The Morgan fingerprint density at radius 1 is 1.18 bits per heavy atom. The Morgan fingerprint density at radius 3 is 2.44 bits per heavy atom. The molecule has 39 heavy (non-hydrogen) atoms. The van der Waals surface area contributed by atoms with Gasteiger partial charge < -0.3 is 20.6 Å². The van der Waals surface area contributed by atoms with E-state index in [1.54, 1.807) is 6.92 Å². The molecular formula is C26H27F4N5O4. The zero-order valence-electron chi connectivity index (χ0n) is 21.4. The third kappa shape index (κ3) is 5.57. The van der Waals surface area contributed by atoms with Gasteiger partial charge in [0.1, 0.15) is 23.7 Å². The van der Waals surface area contributed by atoms with Gasteiger partial charge in [0.15, 0.2) is 11.4 Å². The van der Waals surface area contributed by atoms with E-state index in [4.69, 9.17) is 0 Å². The van der Waals surface area contributed by atoms with Crippen molar-refractivity contribution in [3.63, 3.8) is 0 Å². The van der Waals surface area contributed by atoms with Crippen LogP contribution in [-0.4, -0.2) is 45.7 Å². The molecule has 1 saturated carbocycles. The highest BCUT2D eigenvalue weighted by Gasteiger charge is 2.41. The summed E-state index contributed by atoms with van der Waals surface area (Å²) in [6.07, 6.45) is 0.966. The molecule has 9 nitrogen and oxygen atoms in total. The van der Waals surface area contributed by atoms with Crippen LogP contribution >= 0.6 is 0 Å². The van der Waals surface area contributed by atoms with Crippen molar-refractivity contribution in [1.29, 1.82) is 0 Å². The van der Waals surface area contributed by atoms with Crippen molar-refractivity contribution < 1.29 is 27.5 Å². The number of anilines is 3. The topological polar surface area (TPSA) is 125 Å². The standard InChI is InChI=1S/C26H27F4N5O4/c1-13-10-14(27)11-32-16(13)23(25(2)7-4-5-8-25)34-18-17(21(37)22(18)38)33-15-6-9-31-19(20(15)36)24(39)35(3)12-26(28,29)30/h6,9-11,23,34,36H,4-5,7-8,12H2,1-3H3,(H,31,33)/t23-/m0/s1. The quantitative estimate of drug-likeness (QED) is 0.280. The Balaban J connectivity index is 1.66. The first kappa shape index (κ1) is 28.0. The predicted molar refractivity (Wildman–Crippen MR) is 135 cm³/mol. The summed E-state index contributed by atoms with van der Waals surface area (Å²) < 4.78 is 52.0. The van der Waals surface area contributed by atoms with Crippen LogP contribution in [-0.2, 0) is 0 Å². The van der Waals surface area contributed by atoms with Gasteiger partial charge in [-0.2, -0.15) is 13.2 Å². The van der Waals surface area contributed by atoms with E-state index in [9.17, 15) is 37.1 Å². The van der Waals surface area contributed by atoms with Crippen LogP contribution in [0.2, 0.25) is 0 Å². The van der Waals surface area contributed by atoms with E-state index in [2.05, 4.69) is 20.6 Å².